The van der Waals surface area contributed by atoms with Gasteiger partial charge in [-0.15, -0.1) is 11.3 Å². The van der Waals surface area contributed by atoms with Crippen LogP contribution in [0, 0.1) is 0 Å². The van der Waals surface area contributed by atoms with Gasteiger partial charge in [0.25, 0.3) is 5.56 Å². The second kappa shape index (κ2) is 6.72. The molecule has 0 fully saturated rings. The Morgan fingerprint density at radius 3 is 2.77 bits per heavy atom. The normalized spacial score (nSPS) is 11.0. The summed E-state index contributed by atoms with van der Waals surface area (Å²) < 4.78 is 2.32. The van der Waals surface area contributed by atoms with Gasteiger partial charge in [-0.25, -0.2) is 4.98 Å². The lowest BCUT2D eigenvalue weighted by molar-refractivity contribution is 0.301. The maximum atomic E-state index is 12.4. The number of anilines is 1. The smallest absolute Gasteiger partial charge is 0.271 e. The third kappa shape index (κ3) is 3.03. The van der Waals surface area contributed by atoms with Gasteiger partial charge < -0.3 is 10.0 Å². The Bertz CT molecular complexity index is 798. The third-order valence-electron chi connectivity index (χ3n) is 3.54. The van der Waals surface area contributed by atoms with Crippen LogP contribution >= 0.6 is 11.3 Å². The fourth-order valence-electron chi connectivity index (χ4n) is 2.40. The van der Waals surface area contributed by atoms with Crippen LogP contribution in [0.4, 0.5) is 5.69 Å². The van der Waals surface area contributed by atoms with Crippen molar-refractivity contribution in [2.75, 3.05) is 24.6 Å². The van der Waals surface area contributed by atoms with Crippen LogP contribution in [0.15, 0.2) is 52.9 Å². The first-order valence-corrected chi connectivity index (χ1v) is 8.01. The molecule has 22 heavy (non-hydrogen) atoms. The molecule has 1 aromatic carbocycles. The number of aliphatic hydroxyl groups excluding tert-OH is 1. The Morgan fingerprint density at radius 1 is 1.18 bits per heavy atom. The zero-order chi connectivity index (χ0) is 15.4. The number of fused-ring (bicyclic) bond motifs is 1. The topological polar surface area (TPSA) is 58.4 Å². The maximum Gasteiger partial charge on any atom is 0.271 e. The molecule has 0 aliphatic carbocycles. The standard InChI is InChI=1S/C16H17N3O2S/c20-10-9-18(13-4-2-1-3-5-13)7-8-19-12-17-14-6-11-22-15(14)16(19)21/h1-6,11-12,20H,7-10H2. The molecule has 114 valence electrons. The molecule has 0 saturated carbocycles. The molecule has 0 aliphatic rings. The van der Waals surface area contributed by atoms with Gasteiger partial charge in [0, 0.05) is 25.3 Å². The van der Waals surface area contributed by atoms with Crippen molar-refractivity contribution in [1.29, 1.82) is 0 Å². The molecule has 3 aromatic rings. The second-order valence-corrected chi connectivity index (χ2v) is 5.84. The Kier molecular flexibility index (Phi) is 4.50. The molecule has 2 aromatic heterocycles. The molecule has 0 atom stereocenters. The van der Waals surface area contributed by atoms with E-state index in [2.05, 4.69) is 9.88 Å². The van der Waals surface area contributed by atoms with Gasteiger partial charge in [0.15, 0.2) is 0 Å². The van der Waals surface area contributed by atoms with Crippen molar-refractivity contribution in [3.63, 3.8) is 0 Å². The predicted molar refractivity (Wildman–Crippen MR) is 89.6 cm³/mol. The van der Waals surface area contributed by atoms with Gasteiger partial charge in [-0.05, 0) is 23.6 Å². The molecular formula is C16H17N3O2S. The first kappa shape index (κ1) is 14.7. The number of hydrogen-bond donors (Lipinski definition) is 1. The molecule has 0 aliphatic heterocycles. The van der Waals surface area contributed by atoms with Crippen molar-refractivity contribution < 1.29 is 5.11 Å². The van der Waals surface area contributed by atoms with Crippen molar-refractivity contribution >= 4 is 27.2 Å². The minimum absolute atomic E-state index is 0.00277. The highest BCUT2D eigenvalue weighted by Crippen LogP contribution is 2.14. The zero-order valence-electron chi connectivity index (χ0n) is 12.1. The molecular weight excluding hydrogens is 298 g/mol. The lowest BCUT2D eigenvalue weighted by atomic mass is 10.3. The summed E-state index contributed by atoms with van der Waals surface area (Å²) in [6.07, 6.45) is 1.60. The lowest BCUT2D eigenvalue weighted by Gasteiger charge is -2.24. The first-order chi connectivity index (χ1) is 10.8. The summed E-state index contributed by atoms with van der Waals surface area (Å²) in [5.74, 6) is 0. The van der Waals surface area contributed by atoms with Gasteiger partial charge >= 0.3 is 0 Å². The van der Waals surface area contributed by atoms with E-state index in [0.29, 0.717) is 24.3 Å². The molecule has 2 heterocycles. The average Bonchev–Trinajstić information content (AvgIpc) is 3.03. The fourth-order valence-corrected chi connectivity index (χ4v) is 3.19. The van der Waals surface area contributed by atoms with Crippen molar-refractivity contribution in [3.8, 4) is 0 Å². The highest BCUT2D eigenvalue weighted by atomic mass is 32.1. The number of nitrogens with zero attached hydrogens (tertiary/aromatic N) is 3. The molecule has 5 nitrogen and oxygen atoms in total. The van der Waals surface area contributed by atoms with Gasteiger partial charge in [-0.3, -0.25) is 9.36 Å². The van der Waals surface area contributed by atoms with E-state index in [1.165, 1.54) is 11.3 Å². The highest BCUT2D eigenvalue weighted by molar-refractivity contribution is 7.17. The molecule has 0 spiro atoms. The van der Waals surface area contributed by atoms with Crippen LogP contribution in [0.25, 0.3) is 10.2 Å². The molecule has 0 bridgehead atoms. The number of para-hydroxylation sites is 1. The van der Waals surface area contributed by atoms with Crippen molar-refractivity contribution in [1.82, 2.24) is 9.55 Å². The van der Waals surface area contributed by atoms with E-state index in [0.717, 1.165) is 11.2 Å². The van der Waals surface area contributed by atoms with Crippen LogP contribution < -0.4 is 10.5 Å². The van der Waals surface area contributed by atoms with E-state index in [9.17, 15) is 9.90 Å². The molecule has 0 saturated heterocycles. The average molecular weight is 315 g/mol. The molecule has 3 rings (SSSR count). The SMILES string of the molecule is O=c1c2sccc2ncn1CCN(CCO)c1ccccc1. The van der Waals surface area contributed by atoms with Crippen LogP contribution in [0.5, 0.6) is 0 Å². The molecule has 6 heteroatoms. The van der Waals surface area contributed by atoms with Crippen LogP contribution in [-0.2, 0) is 6.54 Å². The summed E-state index contributed by atoms with van der Waals surface area (Å²) in [5, 5.41) is 11.1. The van der Waals surface area contributed by atoms with Crippen LogP contribution in [0.3, 0.4) is 0 Å². The maximum absolute atomic E-state index is 12.4. The number of aromatic nitrogens is 2. The minimum atomic E-state index is -0.00277. The van der Waals surface area contributed by atoms with Crippen molar-refractivity contribution in [2.45, 2.75) is 6.54 Å². The zero-order valence-corrected chi connectivity index (χ0v) is 12.9. The van der Waals surface area contributed by atoms with E-state index in [4.69, 9.17) is 0 Å². The summed E-state index contributed by atoms with van der Waals surface area (Å²) in [6.45, 7) is 1.79. The Balaban J connectivity index is 1.79. The second-order valence-electron chi connectivity index (χ2n) is 4.92. The molecule has 0 radical (unpaired) electrons. The Morgan fingerprint density at radius 2 is 2.00 bits per heavy atom. The van der Waals surface area contributed by atoms with Crippen molar-refractivity contribution in [3.05, 3.63) is 58.5 Å². The van der Waals surface area contributed by atoms with Crippen LogP contribution in [-0.4, -0.2) is 34.4 Å². The largest absolute Gasteiger partial charge is 0.395 e. The molecule has 1 N–H and O–H groups in total. The van der Waals surface area contributed by atoms with Gasteiger partial charge in [0.05, 0.1) is 18.5 Å². The first-order valence-electron chi connectivity index (χ1n) is 7.13. The summed E-state index contributed by atoms with van der Waals surface area (Å²) in [6, 6.07) is 11.7. The Hall–Kier alpha value is -2.18. The Labute approximate surface area is 132 Å². The van der Waals surface area contributed by atoms with Gasteiger partial charge in [0.2, 0.25) is 0 Å². The summed E-state index contributed by atoms with van der Waals surface area (Å²) in [4.78, 5) is 18.7. The van der Waals surface area contributed by atoms with Crippen molar-refractivity contribution in [2.24, 2.45) is 0 Å². The summed E-state index contributed by atoms with van der Waals surface area (Å²) >= 11 is 1.42. The quantitative estimate of drug-likeness (QED) is 0.755. The molecule has 0 amide bonds. The number of aliphatic hydroxyl groups is 1. The predicted octanol–water partition coefficient (Wildman–Crippen LogP) is 1.96. The number of benzene rings is 1. The van der Waals surface area contributed by atoms with Gasteiger partial charge in [-0.1, -0.05) is 18.2 Å². The monoisotopic (exact) mass is 315 g/mol. The lowest BCUT2D eigenvalue weighted by Crippen LogP contribution is -2.33. The van der Waals surface area contributed by atoms with E-state index in [1.807, 2.05) is 41.8 Å². The highest BCUT2D eigenvalue weighted by Gasteiger charge is 2.08. The number of hydrogen-bond acceptors (Lipinski definition) is 5. The van der Waals surface area contributed by atoms with E-state index >= 15 is 0 Å². The van der Waals surface area contributed by atoms with E-state index in [1.54, 1.807) is 10.9 Å². The van der Waals surface area contributed by atoms with Gasteiger partial charge in [0.1, 0.15) is 4.70 Å². The van der Waals surface area contributed by atoms with Gasteiger partial charge in [-0.2, -0.15) is 0 Å². The minimum Gasteiger partial charge on any atom is -0.395 e. The van der Waals surface area contributed by atoms with Crippen LogP contribution in [0.2, 0.25) is 0 Å². The van der Waals surface area contributed by atoms with Crippen LogP contribution in [0.1, 0.15) is 0 Å². The number of thiophene rings is 1. The van der Waals surface area contributed by atoms with E-state index < -0.39 is 0 Å². The molecule has 0 unspecified atom stereocenters. The third-order valence-corrected chi connectivity index (χ3v) is 4.43. The summed E-state index contributed by atoms with van der Waals surface area (Å²) in [7, 11) is 0. The number of rotatable bonds is 6. The summed E-state index contributed by atoms with van der Waals surface area (Å²) in [5.41, 5.74) is 1.79. The fraction of sp³-hybridized carbons (Fsp3) is 0.250. The van der Waals surface area contributed by atoms with E-state index in [-0.39, 0.29) is 12.2 Å².